The molecule has 0 aliphatic heterocycles. The van der Waals surface area contributed by atoms with Crippen molar-refractivity contribution in [3.05, 3.63) is 39.8 Å². The zero-order valence-electron chi connectivity index (χ0n) is 13.5. The van der Waals surface area contributed by atoms with Crippen LogP contribution in [0.2, 0.25) is 0 Å². The first-order valence-electron chi connectivity index (χ1n) is 7.12. The molecule has 1 amide bonds. The van der Waals surface area contributed by atoms with Crippen LogP contribution in [0.1, 0.15) is 33.3 Å². The van der Waals surface area contributed by atoms with Gasteiger partial charge in [-0.25, -0.2) is 0 Å². The van der Waals surface area contributed by atoms with Gasteiger partial charge in [-0.2, -0.15) is 5.26 Å². The van der Waals surface area contributed by atoms with E-state index < -0.39 is 0 Å². The number of rotatable bonds is 5. The highest BCUT2D eigenvalue weighted by Crippen LogP contribution is 2.35. The molecule has 0 atom stereocenters. The van der Waals surface area contributed by atoms with Gasteiger partial charge < -0.3 is 14.8 Å². The van der Waals surface area contributed by atoms with Crippen molar-refractivity contribution in [3.8, 4) is 17.6 Å². The summed E-state index contributed by atoms with van der Waals surface area (Å²) >= 11 is 1.40. The fourth-order valence-electron chi connectivity index (χ4n) is 2.45. The van der Waals surface area contributed by atoms with E-state index in [-0.39, 0.29) is 5.91 Å². The third kappa shape index (κ3) is 3.15. The third-order valence-corrected chi connectivity index (χ3v) is 4.62. The second-order valence-electron chi connectivity index (χ2n) is 4.80. The van der Waals surface area contributed by atoms with Crippen molar-refractivity contribution in [2.24, 2.45) is 0 Å². The van der Waals surface area contributed by atoms with Crippen molar-refractivity contribution in [2.75, 3.05) is 19.5 Å². The van der Waals surface area contributed by atoms with Crippen molar-refractivity contribution < 1.29 is 14.3 Å². The van der Waals surface area contributed by atoms with E-state index in [9.17, 15) is 10.1 Å². The van der Waals surface area contributed by atoms with Gasteiger partial charge >= 0.3 is 0 Å². The van der Waals surface area contributed by atoms with Crippen molar-refractivity contribution in [2.45, 2.75) is 20.3 Å². The lowest BCUT2D eigenvalue weighted by Gasteiger charge is -2.12. The summed E-state index contributed by atoms with van der Waals surface area (Å²) in [4.78, 5) is 13.7. The minimum atomic E-state index is -0.361. The number of hydrogen-bond acceptors (Lipinski definition) is 5. The Morgan fingerprint density at radius 3 is 2.39 bits per heavy atom. The Morgan fingerprint density at radius 1 is 1.30 bits per heavy atom. The molecule has 6 heteroatoms. The number of nitrogens with one attached hydrogen (secondary N) is 1. The fourth-order valence-corrected chi connectivity index (χ4v) is 3.54. The molecule has 2 aromatic rings. The van der Waals surface area contributed by atoms with Crippen LogP contribution in [0.4, 0.5) is 5.00 Å². The van der Waals surface area contributed by atoms with Gasteiger partial charge in [0.1, 0.15) is 28.1 Å². The SMILES string of the molecule is CCc1c(C)sc(NC(=O)c2c(OC)cccc2OC)c1C#N. The number of thiophene rings is 1. The predicted octanol–water partition coefficient (Wildman–Crippen LogP) is 3.76. The van der Waals surface area contributed by atoms with Crippen LogP contribution in [0, 0.1) is 18.3 Å². The molecule has 1 aromatic carbocycles. The van der Waals surface area contributed by atoms with Crippen LogP contribution < -0.4 is 14.8 Å². The van der Waals surface area contributed by atoms with Crippen molar-refractivity contribution in [1.82, 2.24) is 0 Å². The minimum Gasteiger partial charge on any atom is -0.496 e. The van der Waals surface area contributed by atoms with Gasteiger partial charge in [0.2, 0.25) is 0 Å². The maximum atomic E-state index is 12.7. The van der Waals surface area contributed by atoms with Gasteiger partial charge in [0.05, 0.1) is 19.8 Å². The van der Waals surface area contributed by atoms with E-state index in [4.69, 9.17) is 9.47 Å². The van der Waals surface area contributed by atoms with Crippen LogP contribution in [0.5, 0.6) is 11.5 Å². The van der Waals surface area contributed by atoms with E-state index in [0.29, 0.717) is 27.6 Å². The molecule has 5 nitrogen and oxygen atoms in total. The molecule has 1 heterocycles. The average Bonchev–Trinajstić information content (AvgIpc) is 2.87. The van der Waals surface area contributed by atoms with Crippen molar-refractivity contribution >= 4 is 22.2 Å². The molecule has 1 N–H and O–H groups in total. The van der Waals surface area contributed by atoms with Gasteiger partial charge in [-0.3, -0.25) is 4.79 Å². The third-order valence-electron chi connectivity index (χ3n) is 3.56. The Balaban J connectivity index is 2.43. The lowest BCUT2D eigenvalue weighted by Crippen LogP contribution is -2.14. The summed E-state index contributed by atoms with van der Waals surface area (Å²) in [6.45, 7) is 3.94. The monoisotopic (exact) mass is 330 g/mol. The molecule has 0 radical (unpaired) electrons. The fraction of sp³-hybridized carbons (Fsp3) is 0.294. The molecule has 0 spiro atoms. The first-order valence-corrected chi connectivity index (χ1v) is 7.93. The number of ether oxygens (including phenoxy) is 2. The number of anilines is 1. The zero-order valence-corrected chi connectivity index (χ0v) is 14.3. The topological polar surface area (TPSA) is 71.3 Å². The van der Waals surface area contributed by atoms with Gasteiger partial charge in [-0.15, -0.1) is 11.3 Å². The predicted molar refractivity (Wildman–Crippen MR) is 90.6 cm³/mol. The second kappa shape index (κ2) is 7.16. The summed E-state index contributed by atoms with van der Waals surface area (Å²) in [5.74, 6) is 0.480. The standard InChI is InChI=1S/C17H18N2O3S/c1-5-11-10(2)23-17(12(11)9-18)19-16(20)15-13(21-3)7-6-8-14(15)22-4/h6-8H,5H2,1-4H3,(H,19,20). The molecular weight excluding hydrogens is 312 g/mol. The molecule has 0 unspecified atom stereocenters. The van der Waals surface area contributed by atoms with Crippen LogP contribution in [0.25, 0.3) is 0 Å². The molecule has 0 aliphatic carbocycles. The van der Waals surface area contributed by atoms with Crippen LogP contribution >= 0.6 is 11.3 Å². The summed E-state index contributed by atoms with van der Waals surface area (Å²) in [5.41, 5.74) is 1.81. The number of aryl methyl sites for hydroxylation is 1. The number of carbonyl (C=O) groups excluding carboxylic acids is 1. The van der Waals surface area contributed by atoms with E-state index in [1.165, 1.54) is 25.6 Å². The molecule has 1 aromatic heterocycles. The van der Waals surface area contributed by atoms with Gasteiger partial charge in [-0.1, -0.05) is 13.0 Å². The summed E-state index contributed by atoms with van der Waals surface area (Å²) in [6, 6.07) is 7.32. The maximum absolute atomic E-state index is 12.7. The second-order valence-corrected chi connectivity index (χ2v) is 6.02. The smallest absolute Gasteiger partial charge is 0.263 e. The van der Waals surface area contributed by atoms with E-state index in [1.807, 2.05) is 13.8 Å². The molecule has 2 rings (SSSR count). The van der Waals surface area contributed by atoms with E-state index in [1.54, 1.807) is 18.2 Å². The molecule has 0 bridgehead atoms. The van der Waals surface area contributed by atoms with Gasteiger partial charge in [0, 0.05) is 4.88 Å². The molecule has 0 saturated carbocycles. The Bertz CT molecular complexity index is 753. The Kier molecular flexibility index (Phi) is 5.24. The Hall–Kier alpha value is -2.52. The molecule has 120 valence electrons. The summed E-state index contributed by atoms with van der Waals surface area (Å²) in [6.07, 6.45) is 0.749. The summed E-state index contributed by atoms with van der Waals surface area (Å²) < 4.78 is 10.5. The van der Waals surface area contributed by atoms with Crippen molar-refractivity contribution in [3.63, 3.8) is 0 Å². The van der Waals surface area contributed by atoms with Gasteiger partial charge in [0.25, 0.3) is 5.91 Å². The molecule has 23 heavy (non-hydrogen) atoms. The van der Waals surface area contributed by atoms with E-state index in [0.717, 1.165) is 16.9 Å². The average molecular weight is 330 g/mol. The number of amides is 1. The highest BCUT2D eigenvalue weighted by molar-refractivity contribution is 7.16. The highest BCUT2D eigenvalue weighted by Gasteiger charge is 2.22. The number of nitriles is 1. The van der Waals surface area contributed by atoms with Crippen LogP contribution in [-0.4, -0.2) is 20.1 Å². The first-order chi connectivity index (χ1) is 11.1. The number of benzene rings is 1. The summed E-state index contributed by atoms with van der Waals surface area (Å²) in [7, 11) is 2.99. The normalized spacial score (nSPS) is 10.0. The molecule has 0 aliphatic rings. The highest BCUT2D eigenvalue weighted by atomic mass is 32.1. The molecule has 0 fully saturated rings. The largest absolute Gasteiger partial charge is 0.496 e. The Labute approximate surface area is 139 Å². The number of nitrogens with zero attached hydrogens (tertiary/aromatic N) is 1. The lowest BCUT2D eigenvalue weighted by molar-refractivity contribution is 0.102. The van der Waals surface area contributed by atoms with Crippen LogP contribution in [0.15, 0.2) is 18.2 Å². The molecular formula is C17H18N2O3S. The lowest BCUT2D eigenvalue weighted by atomic mass is 10.1. The quantitative estimate of drug-likeness (QED) is 0.906. The van der Waals surface area contributed by atoms with Crippen molar-refractivity contribution in [1.29, 1.82) is 5.26 Å². The maximum Gasteiger partial charge on any atom is 0.263 e. The zero-order chi connectivity index (χ0) is 17.0. The minimum absolute atomic E-state index is 0.311. The number of carbonyl (C=O) groups is 1. The van der Waals surface area contributed by atoms with E-state index in [2.05, 4.69) is 11.4 Å². The molecule has 0 saturated heterocycles. The number of methoxy groups -OCH3 is 2. The number of hydrogen-bond donors (Lipinski definition) is 1. The van der Waals surface area contributed by atoms with E-state index >= 15 is 0 Å². The van der Waals surface area contributed by atoms with Crippen LogP contribution in [-0.2, 0) is 6.42 Å². The van der Waals surface area contributed by atoms with Gasteiger partial charge in [0.15, 0.2) is 0 Å². The van der Waals surface area contributed by atoms with Crippen LogP contribution in [0.3, 0.4) is 0 Å². The summed E-state index contributed by atoms with van der Waals surface area (Å²) in [5, 5.41) is 12.8. The Morgan fingerprint density at radius 2 is 1.91 bits per heavy atom. The first kappa shape index (κ1) is 16.8. The van der Waals surface area contributed by atoms with Gasteiger partial charge in [-0.05, 0) is 31.0 Å².